The summed E-state index contributed by atoms with van der Waals surface area (Å²) in [6, 6.07) is 26.8. The minimum atomic E-state index is -0.546. The molecular weight excluding hydrogens is 645 g/mol. The van der Waals surface area contributed by atoms with Crippen LogP contribution in [0.1, 0.15) is 13.7 Å². The molecule has 0 aliphatic rings. The predicted octanol–water partition coefficient (Wildman–Crippen LogP) is 12.2. The van der Waals surface area contributed by atoms with Gasteiger partial charge in [-0.25, -0.2) is 4.98 Å². The van der Waals surface area contributed by atoms with Crippen LogP contribution < -0.4 is 0 Å². The highest BCUT2D eigenvalue weighted by Gasteiger charge is 2.20. The number of benzene rings is 7. The van der Waals surface area contributed by atoms with Crippen molar-refractivity contribution in [1.29, 1.82) is 0 Å². The van der Waals surface area contributed by atoms with E-state index in [1.807, 2.05) is 91.0 Å². The van der Waals surface area contributed by atoms with Gasteiger partial charge in [-0.1, -0.05) is 115 Å². The van der Waals surface area contributed by atoms with Crippen LogP contribution in [0, 0.1) is 0 Å². The lowest BCUT2D eigenvalue weighted by Gasteiger charge is -2.11. The molecule has 5 nitrogen and oxygen atoms in total. The average molecular weight is 681 g/mol. The van der Waals surface area contributed by atoms with Gasteiger partial charge in [0.25, 0.3) is 0 Å². The Morgan fingerprint density at radius 1 is 0.529 bits per heavy atom. The second kappa shape index (κ2) is 10.9. The number of nitrogens with zero attached hydrogens (tertiary/aromatic N) is 4. The monoisotopic (exact) mass is 680 g/mol. The minimum absolute atomic E-state index is 0.00671. The first-order valence-electron chi connectivity index (χ1n) is 21.1. The first kappa shape index (κ1) is 20.1. The van der Waals surface area contributed by atoms with E-state index in [2.05, 4.69) is 6.07 Å². The van der Waals surface area contributed by atoms with Crippen LogP contribution in [0.3, 0.4) is 0 Å². The zero-order valence-electron chi connectivity index (χ0n) is 36.3. The quantitative estimate of drug-likeness (QED) is 0.186. The summed E-state index contributed by atoms with van der Waals surface area (Å²) in [6.07, 6.45) is 0. The smallest absolute Gasteiger partial charge is 0.238 e. The molecule has 0 N–H and O–H groups in total. The van der Waals surface area contributed by atoms with Crippen molar-refractivity contribution in [2.24, 2.45) is 0 Å². The number of thiophene rings is 1. The highest BCUT2D eigenvalue weighted by Crippen LogP contribution is 2.41. The van der Waals surface area contributed by atoms with Crippen molar-refractivity contribution in [2.75, 3.05) is 0 Å². The van der Waals surface area contributed by atoms with Crippen molar-refractivity contribution in [2.45, 2.75) is 0 Å². The molecule has 0 saturated carbocycles. The lowest BCUT2D eigenvalue weighted by Crippen LogP contribution is -2.06. The molecule has 4 heterocycles. The van der Waals surface area contributed by atoms with Crippen LogP contribution in [0.4, 0.5) is 0 Å². The van der Waals surface area contributed by atoms with Crippen molar-refractivity contribution in [3.05, 3.63) is 157 Å². The number of fused-ring (bicyclic) bond motifs is 9. The molecule has 11 aromatic rings. The van der Waals surface area contributed by atoms with E-state index >= 15 is 0 Å². The molecule has 4 aromatic heterocycles. The highest BCUT2D eigenvalue weighted by molar-refractivity contribution is 7.25. The van der Waals surface area contributed by atoms with Gasteiger partial charge in [-0.2, -0.15) is 9.97 Å². The van der Waals surface area contributed by atoms with Crippen LogP contribution in [0.15, 0.2) is 162 Å². The van der Waals surface area contributed by atoms with E-state index in [4.69, 9.17) is 29.0 Å². The summed E-state index contributed by atoms with van der Waals surface area (Å²) < 4.78 is 97.5. The van der Waals surface area contributed by atoms with Crippen molar-refractivity contribution < 1.29 is 18.1 Å². The zero-order chi connectivity index (χ0) is 42.2. The van der Waals surface area contributed by atoms with Gasteiger partial charge in [0.2, 0.25) is 5.95 Å². The fraction of sp³-hybridized carbons (Fsp3) is 0. The molecule has 0 atom stereocenters. The largest absolute Gasteiger partial charge is 0.456 e. The Hall–Kier alpha value is -6.63. The second-order valence-electron chi connectivity index (χ2n) is 12.0. The van der Waals surface area contributed by atoms with Gasteiger partial charge < -0.3 is 4.42 Å². The van der Waals surface area contributed by atoms with Crippen LogP contribution >= 0.6 is 11.3 Å². The first-order chi connectivity index (χ1) is 29.4. The zero-order valence-corrected chi connectivity index (χ0v) is 27.2. The number of hydrogen-bond donors (Lipinski definition) is 0. The van der Waals surface area contributed by atoms with E-state index in [1.54, 1.807) is 0 Å². The normalized spacial score (nSPS) is 14.7. The van der Waals surface area contributed by atoms with Gasteiger partial charge in [-0.3, -0.25) is 4.57 Å². The van der Waals surface area contributed by atoms with E-state index in [1.165, 1.54) is 4.57 Å². The third-order valence-corrected chi connectivity index (χ3v) is 10.1. The van der Waals surface area contributed by atoms with Crippen LogP contribution in [-0.4, -0.2) is 19.5 Å². The highest BCUT2D eigenvalue weighted by atomic mass is 32.1. The van der Waals surface area contributed by atoms with E-state index in [0.717, 1.165) is 33.2 Å². The Morgan fingerprint density at radius 2 is 1.27 bits per heavy atom. The second-order valence-corrected chi connectivity index (χ2v) is 13.1. The molecule has 0 spiro atoms. The fourth-order valence-electron chi connectivity index (χ4n) is 6.83. The Kier molecular flexibility index (Phi) is 4.32. The number of furan rings is 1. The Labute approximate surface area is 309 Å². The molecule has 0 saturated heterocycles. The standard InChI is InChI=1S/C45H26N4OS/c1-3-12-27(13-4-1)30-18-11-20-38-42(30)33-23-22-29(24-39(33)50-38)44-46-43(28-14-5-2-6-15-28)47-45(48-44)49-36-19-9-7-16-31(36)34-25-35-32-17-8-10-21-40(32)51-41(35)26-37(34)49/h1-26H/i7D,8D,9D,10D,16D,17D,19D,21D,25D,26D. The summed E-state index contributed by atoms with van der Waals surface area (Å²) in [7, 11) is 0. The molecule has 0 bridgehead atoms. The summed E-state index contributed by atoms with van der Waals surface area (Å²) in [5.41, 5.74) is 4.46. The van der Waals surface area contributed by atoms with Crippen LogP contribution in [0.2, 0.25) is 0 Å². The summed E-state index contributed by atoms with van der Waals surface area (Å²) in [4.78, 5) is 14.8. The summed E-state index contributed by atoms with van der Waals surface area (Å²) in [5, 5.41) is 1.93. The molecule has 0 radical (unpaired) electrons. The molecular formula is C45H26N4OS. The predicted molar refractivity (Wildman–Crippen MR) is 211 cm³/mol. The lowest BCUT2D eigenvalue weighted by atomic mass is 9.99. The maximum atomic E-state index is 9.73. The van der Waals surface area contributed by atoms with E-state index in [-0.39, 0.29) is 83.7 Å². The first-order valence-corrected chi connectivity index (χ1v) is 16.9. The summed E-state index contributed by atoms with van der Waals surface area (Å²) in [5.74, 6) is 0.355. The van der Waals surface area contributed by atoms with Crippen LogP contribution in [0.25, 0.3) is 104 Å². The molecule has 6 heteroatoms. The van der Waals surface area contributed by atoms with Gasteiger partial charge in [-0.15, -0.1) is 11.3 Å². The Bertz CT molecular complexity index is 3720. The van der Waals surface area contributed by atoms with Gasteiger partial charge in [0.05, 0.1) is 24.7 Å². The SMILES string of the molecule is [2H]c1c([2H])c([2H])c2c(sc3c([2H])c4c(c([2H])c32)c2c([2H])c([2H])c([2H])c([2H])c2n4-c2nc(-c3ccccc3)nc(-c3ccc4c(c3)oc3cccc(-c5ccccc5)c34)n2)c1[2H]. The van der Waals surface area contributed by atoms with Crippen molar-refractivity contribution in [3.8, 4) is 39.9 Å². The molecule has 0 aliphatic heterocycles. The maximum absolute atomic E-state index is 9.73. The summed E-state index contributed by atoms with van der Waals surface area (Å²) in [6.45, 7) is 0. The van der Waals surface area contributed by atoms with Crippen molar-refractivity contribution in [1.82, 2.24) is 19.5 Å². The molecule has 51 heavy (non-hydrogen) atoms. The number of para-hydroxylation sites is 1. The van der Waals surface area contributed by atoms with Crippen LogP contribution in [0.5, 0.6) is 0 Å². The molecule has 7 aromatic carbocycles. The van der Waals surface area contributed by atoms with Gasteiger partial charge in [0, 0.05) is 52.8 Å². The lowest BCUT2D eigenvalue weighted by molar-refractivity contribution is 0.669. The molecule has 0 unspecified atom stereocenters. The number of rotatable bonds is 4. The molecule has 0 amide bonds. The number of aromatic nitrogens is 4. The average Bonchev–Trinajstić information content (AvgIpc) is 3.99. The molecule has 0 fully saturated rings. The third-order valence-electron chi connectivity index (χ3n) is 9.11. The Balaban J connectivity index is 1.25. The molecule has 238 valence electrons. The topological polar surface area (TPSA) is 56.7 Å². The fourth-order valence-corrected chi connectivity index (χ4v) is 7.79. The summed E-state index contributed by atoms with van der Waals surface area (Å²) >= 11 is 0.949. The van der Waals surface area contributed by atoms with Crippen molar-refractivity contribution in [3.63, 3.8) is 0 Å². The van der Waals surface area contributed by atoms with Crippen molar-refractivity contribution >= 4 is 75.3 Å². The number of hydrogen-bond acceptors (Lipinski definition) is 5. The van der Waals surface area contributed by atoms with Gasteiger partial charge in [-0.05, 0) is 53.5 Å². The minimum Gasteiger partial charge on any atom is -0.456 e. The van der Waals surface area contributed by atoms with E-state index in [9.17, 15) is 4.11 Å². The maximum Gasteiger partial charge on any atom is 0.238 e. The van der Waals surface area contributed by atoms with Gasteiger partial charge in [0.1, 0.15) is 11.2 Å². The van der Waals surface area contributed by atoms with Gasteiger partial charge in [0.15, 0.2) is 11.6 Å². The van der Waals surface area contributed by atoms with Gasteiger partial charge >= 0.3 is 0 Å². The molecule has 11 rings (SSSR count). The van der Waals surface area contributed by atoms with E-state index in [0.29, 0.717) is 22.3 Å². The Morgan fingerprint density at radius 3 is 2.12 bits per heavy atom. The third kappa shape index (κ3) is 4.37. The molecule has 0 aliphatic carbocycles. The van der Waals surface area contributed by atoms with E-state index < -0.39 is 36.3 Å². The van der Waals surface area contributed by atoms with Crippen LogP contribution in [-0.2, 0) is 0 Å².